The molecular formula is C14H20O3. The van der Waals surface area contributed by atoms with Crippen LogP contribution >= 0.6 is 0 Å². The van der Waals surface area contributed by atoms with Gasteiger partial charge in [-0.05, 0) is 45.2 Å². The summed E-state index contributed by atoms with van der Waals surface area (Å²) in [7, 11) is 0. The van der Waals surface area contributed by atoms with Gasteiger partial charge in [0.25, 0.3) is 0 Å². The molecule has 17 heavy (non-hydrogen) atoms. The van der Waals surface area contributed by atoms with E-state index in [4.69, 9.17) is 5.11 Å². The Hall–Kier alpha value is -1.35. The van der Waals surface area contributed by atoms with Crippen LogP contribution in [0.3, 0.4) is 0 Å². The lowest BCUT2D eigenvalue weighted by Gasteiger charge is -2.25. The molecule has 0 atom stereocenters. The number of aliphatic carboxylic acids is 1. The van der Waals surface area contributed by atoms with Crippen molar-refractivity contribution in [1.29, 1.82) is 0 Å². The average molecular weight is 236 g/mol. The van der Waals surface area contributed by atoms with Gasteiger partial charge in [0.1, 0.15) is 0 Å². The minimum absolute atomic E-state index is 0.405. The second-order valence-corrected chi connectivity index (χ2v) is 5.58. The minimum atomic E-state index is -0.953. The van der Waals surface area contributed by atoms with Gasteiger partial charge in [0.05, 0.1) is 11.0 Å². The van der Waals surface area contributed by atoms with Crippen molar-refractivity contribution < 1.29 is 15.0 Å². The third-order valence-electron chi connectivity index (χ3n) is 2.89. The molecule has 0 radical (unpaired) electrons. The van der Waals surface area contributed by atoms with Gasteiger partial charge < -0.3 is 10.2 Å². The number of carboxylic acid groups (broad SMARTS) is 1. The van der Waals surface area contributed by atoms with Crippen molar-refractivity contribution in [1.82, 2.24) is 0 Å². The summed E-state index contributed by atoms with van der Waals surface area (Å²) in [6.07, 6.45) is 0.405. The number of hydrogen-bond acceptors (Lipinski definition) is 2. The molecule has 0 aromatic heterocycles. The second-order valence-electron chi connectivity index (χ2n) is 5.58. The molecule has 0 heterocycles. The second kappa shape index (κ2) is 4.49. The Labute approximate surface area is 102 Å². The largest absolute Gasteiger partial charge is 0.481 e. The third kappa shape index (κ3) is 3.30. The summed E-state index contributed by atoms with van der Waals surface area (Å²) in [4.78, 5) is 11.1. The Bertz CT molecular complexity index is 414. The van der Waals surface area contributed by atoms with Gasteiger partial charge in [-0.2, -0.15) is 0 Å². The number of carbonyl (C=O) groups is 1. The maximum atomic E-state index is 11.1. The molecule has 0 spiro atoms. The van der Waals surface area contributed by atoms with Gasteiger partial charge in [-0.3, -0.25) is 4.79 Å². The summed E-state index contributed by atoms with van der Waals surface area (Å²) in [5.74, 6) is -0.831. The molecule has 3 heteroatoms. The highest BCUT2D eigenvalue weighted by Crippen LogP contribution is 2.29. The highest BCUT2D eigenvalue weighted by Gasteiger charge is 2.30. The lowest BCUT2D eigenvalue weighted by Crippen LogP contribution is -2.28. The molecule has 0 saturated carbocycles. The first-order chi connectivity index (χ1) is 7.64. The molecule has 0 aliphatic rings. The quantitative estimate of drug-likeness (QED) is 0.844. The van der Waals surface area contributed by atoms with Gasteiger partial charge in [0, 0.05) is 0 Å². The predicted molar refractivity (Wildman–Crippen MR) is 66.8 cm³/mol. The highest BCUT2D eigenvalue weighted by atomic mass is 16.4. The molecule has 2 N–H and O–H groups in total. The maximum absolute atomic E-state index is 11.1. The lowest BCUT2D eigenvalue weighted by molar-refractivity contribution is -0.146. The Morgan fingerprint density at radius 2 is 1.71 bits per heavy atom. The number of carboxylic acids is 1. The fraction of sp³-hybridized carbons (Fsp3) is 0.500. The van der Waals surface area contributed by atoms with Gasteiger partial charge in [-0.1, -0.05) is 24.3 Å². The Morgan fingerprint density at radius 3 is 2.18 bits per heavy atom. The van der Waals surface area contributed by atoms with Crippen molar-refractivity contribution in [3.8, 4) is 0 Å². The van der Waals surface area contributed by atoms with Crippen LogP contribution in [0.5, 0.6) is 0 Å². The Balaban J connectivity index is 3.12. The highest BCUT2D eigenvalue weighted by molar-refractivity contribution is 5.74. The number of hydrogen-bond donors (Lipinski definition) is 2. The Morgan fingerprint density at radius 1 is 1.18 bits per heavy atom. The standard InChI is InChI=1S/C14H20O3/c1-13(2,12(15)16)9-10-7-5-6-8-11(10)14(3,4)17/h5-8,17H,9H2,1-4H3,(H,15,16). The molecular weight excluding hydrogens is 216 g/mol. The molecule has 0 fully saturated rings. The zero-order chi connectivity index (χ0) is 13.3. The van der Waals surface area contributed by atoms with E-state index in [0.29, 0.717) is 6.42 Å². The van der Waals surface area contributed by atoms with E-state index in [1.54, 1.807) is 27.7 Å². The van der Waals surface area contributed by atoms with E-state index in [0.717, 1.165) is 11.1 Å². The first-order valence-corrected chi connectivity index (χ1v) is 5.69. The van der Waals surface area contributed by atoms with Crippen LogP contribution in [0.15, 0.2) is 24.3 Å². The van der Waals surface area contributed by atoms with Crippen molar-refractivity contribution in [2.24, 2.45) is 5.41 Å². The molecule has 0 aliphatic carbocycles. The molecule has 0 aliphatic heterocycles. The van der Waals surface area contributed by atoms with Gasteiger partial charge in [0.2, 0.25) is 0 Å². The summed E-state index contributed by atoms with van der Waals surface area (Å²) in [5.41, 5.74) is -0.117. The smallest absolute Gasteiger partial charge is 0.309 e. The van der Waals surface area contributed by atoms with Crippen LogP contribution in [-0.2, 0) is 16.8 Å². The van der Waals surface area contributed by atoms with Crippen LogP contribution in [0, 0.1) is 5.41 Å². The summed E-state index contributed by atoms with van der Waals surface area (Å²) in [5, 5.41) is 19.2. The maximum Gasteiger partial charge on any atom is 0.309 e. The minimum Gasteiger partial charge on any atom is -0.481 e. The number of rotatable bonds is 4. The van der Waals surface area contributed by atoms with Crippen LogP contribution in [0.4, 0.5) is 0 Å². The van der Waals surface area contributed by atoms with Crippen molar-refractivity contribution in [3.05, 3.63) is 35.4 Å². The van der Waals surface area contributed by atoms with Crippen molar-refractivity contribution in [3.63, 3.8) is 0 Å². The zero-order valence-electron chi connectivity index (χ0n) is 10.8. The summed E-state index contributed by atoms with van der Waals surface area (Å²) < 4.78 is 0. The molecule has 0 unspecified atom stereocenters. The van der Waals surface area contributed by atoms with E-state index >= 15 is 0 Å². The van der Waals surface area contributed by atoms with Crippen LogP contribution in [0.1, 0.15) is 38.8 Å². The molecule has 0 bridgehead atoms. The Kier molecular flexibility index (Phi) is 3.62. The lowest BCUT2D eigenvalue weighted by atomic mass is 9.81. The molecule has 1 aromatic rings. The molecule has 1 aromatic carbocycles. The molecule has 94 valence electrons. The normalized spacial score (nSPS) is 12.5. The number of benzene rings is 1. The van der Waals surface area contributed by atoms with Gasteiger partial charge in [-0.25, -0.2) is 0 Å². The summed E-state index contributed by atoms with van der Waals surface area (Å²) in [6.45, 7) is 6.80. The fourth-order valence-corrected chi connectivity index (χ4v) is 1.82. The zero-order valence-corrected chi connectivity index (χ0v) is 10.8. The van der Waals surface area contributed by atoms with Crippen molar-refractivity contribution in [2.75, 3.05) is 0 Å². The van der Waals surface area contributed by atoms with E-state index in [2.05, 4.69) is 0 Å². The monoisotopic (exact) mass is 236 g/mol. The van der Waals surface area contributed by atoms with Gasteiger partial charge in [-0.15, -0.1) is 0 Å². The molecule has 1 rings (SSSR count). The van der Waals surface area contributed by atoms with Crippen LogP contribution in [0.25, 0.3) is 0 Å². The van der Waals surface area contributed by atoms with Crippen LogP contribution < -0.4 is 0 Å². The van der Waals surface area contributed by atoms with E-state index in [1.807, 2.05) is 24.3 Å². The van der Waals surface area contributed by atoms with E-state index in [9.17, 15) is 9.90 Å². The first kappa shape index (κ1) is 13.7. The van der Waals surface area contributed by atoms with Crippen LogP contribution in [-0.4, -0.2) is 16.2 Å². The van der Waals surface area contributed by atoms with Crippen LogP contribution in [0.2, 0.25) is 0 Å². The van der Waals surface area contributed by atoms with E-state index in [1.165, 1.54) is 0 Å². The van der Waals surface area contributed by atoms with Gasteiger partial charge in [0.15, 0.2) is 0 Å². The molecule has 3 nitrogen and oxygen atoms in total. The summed E-state index contributed by atoms with van der Waals surface area (Å²) in [6, 6.07) is 7.43. The summed E-state index contributed by atoms with van der Waals surface area (Å²) >= 11 is 0. The molecule has 0 saturated heterocycles. The first-order valence-electron chi connectivity index (χ1n) is 5.69. The van der Waals surface area contributed by atoms with Crippen molar-refractivity contribution in [2.45, 2.75) is 39.7 Å². The SMILES string of the molecule is CC(C)(Cc1ccccc1C(C)(C)O)C(=O)O. The number of aliphatic hydroxyl groups is 1. The fourth-order valence-electron chi connectivity index (χ4n) is 1.82. The third-order valence-corrected chi connectivity index (χ3v) is 2.89. The average Bonchev–Trinajstić information content (AvgIpc) is 2.15. The van der Waals surface area contributed by atoms with E-state index < -0.39 is 17.0 Å². The molecule has 0 amide bonds. The van der Waals surface area contributed by atoms with Crippen molar-refractivity contribution >= 4 is 5.97 Å². The predicted octanol–water partition coefficient (Wildman–Crippen LogP) is 2.57. The van der Waals surface area contributed by atoms with E-state index in [-0.39, 0.29) is 0 Å². The van der Waals surface area contributed by atoms with Gasteiger partial charge >= 0.3 is 5.97 Å². The topological polar surface area (TPSA) is 57.5 Å².